The second-order valence-electron chi connectivity index (χ2n) is 5.91. The number of sulfonamides is 1. The summed E-state index contributed by atoms with van der Waals surface area (Å²) in [6.07, 6.45) is 2.82. The second-order valence-corrected chi connectivity index (χ2v) is 8.24. The molecular formula is C17H23ClN2O3S. The van der Waals surface area contributed by atoms with Gasteiger partial charge in [0.25, 0.3) is 0 Å². The third kappa shape index (κ3) is 4.37. The molecule has 0 spiro atoms. The van der Waals surface area contributed by atoms with Gasteiger partial charge in [-0.1, -0.05) is 30.7 Å². The number of nitrogens with one attached hydrogen (secondary N) is 1. The molecule has 1 saturated heterocycles. The van der Waals surface area contributed by atoms with Crippen molar-refractivity contribution in [1.29, 1.82) is 0 Å². The van der Waals surface area contributed by atoms with Crippen LogP contribution in [-0.2, 0) is 14.8 Å². The van der Waals surface area contributed by atoms with Crippen molar-refractivity contribution in [2.24, 2.45) is 0 Å². The first-order valence-corrected chi connectivity index (χ1v) is 9.90. The van der Waals surface area contributed by atoms with Crippen LogP contribution in [0.25, 0.3) is 0 Å². The van der Waals surface area contributed by atoms with Crippen molar-refractivity contribution >= 4 is 27.5 Å². The molecule has 1 N–H and O–H groups in total. The summed E-state index contributed by atoms with van der Waals surface area (Å²) in [5, 5.41) is 3.27. The number of rotatable bonds is 6. The Kier molecular flexibility index (Phi) is 6.43. The van der Waals surface area contributed by atoms with Gasteiger partial charge in [-0.15, -0.1) is 0 Å². The van der Waals surface area contributed by atoms with Crippen LogP contribution in [0.4, 0.5) is 0 Å². The van der Waals surface area contributed by atoms with E-state index in [1.165, 1.54) is 28.6 Å². The van der Waals surface area contributed by atoms with Crippen LogP contribution in [0.1, 0.15) is 32.6 Å². The molecule has 1 aliphatic heterocycles. The summed E-state index contributed by atoms with van der Waals surface area (Å²) in [4.78, 5) is 12.5. The van der Waals surface area contributed by atoms with E-state index in [9.17, 15) is 13.2 Å². The third-order valence-corrected chi connectivity index (χ3v) is 6.27. The molecule has 1 aliphatic rings. The molecule has 0 radical (unpaired) electrons. The number of halogens is 1. The number of carbonyl (C=O) groups is 1. The lowest BCUT2D eigenvalue weighted by atomic mass is 10.1. The van der Waals surface area contributed by atoms with Gasteiger partial charge >= 0.3 is 0 Å². The van der Waals surface area contributed by atoms with Crippen molar-refractivity contribution in [2.45, 2.75) is 43.5 Å². The standard InChI is InChI=1S/C17H23ClN2O3S/c1-3-13(2)12-20(16-6-4-5-11-19-17(16)21)24(22,23)15-9-7-14(18)8-10-15/h7-10,16H,2-6,11-12H2,1H3,(H,19,21). The fourth-order valence-corrected chi connectivity index (χ4v) is 4.40. The predicted molar refractivity (Wildman–Crippen MR) is 95.4 cm³/mol. The minimum Gasteiger partial charge on any atom is -0.355 e. The van der Waals surface area contributed by atoms with Crippen molar-refractivity contribution in [1.82, 2.24) is 9.62 Å². The van der Waals surface area contributed by atoms with Gasteiger partial charge in [0.05, 0.1) is 4.90 Å². The maximum atomic E-state index is 13.1. The molecule has 0 bridgehead atoms. The Morgan fingerprint density at radius 1 is 1.33 bits per heavy atom. The predicted octanol–water partition coefficient (Wildman–Crippen LogP) is 2.97. The first kappa shape index (κ1) is 19.0. The first-order chi connectivity index (χ1) is 11.4. The highest BCUT2D eigenvalue weighted by Crippen LogP contribution is 2.25. The number of carbonyl (C=O) groups excluding carboxylic acids is 1. The molecule has 2 rings (SSSR count). The van der Waals surface area contributed by atoms with E-state index in [1.807, 2.05) is 6.92 Å². The fourth-order valence-electron chi connectivity index (χ4n) is 2.63. The Morgan fingerprint density at radius 2 is 2.00 bits per heavy atom. The van der Waals surface area contributed by atoms with E-state index in [2.05, 4.69) is 11.9 Å². The maximum absolute atomic E-state index is 13.1. The van der Waals surface area contributed by atoms with Crippen LogP contribution in [0.15, 0.2) is 41.3 Å². The van der Waals surface area contributed by atoms with Crippen LogP contribution in [0.5, 0.6) is 0 Å². The Morgan fingerprint density at radius 3 is 2.62 bits per heavy atom. The van der Waals surface area contributed by atoms with Gasteiger partial charge in [-0.05, 0) is 49.9 Å². The molecule has 1 atom stereocenters. The highest BCUT2D eigenvalue weighted by molar-refractivity contribution is 7.89. The Labute approximate surface area is 148 Å². The van der Waals surface area contributed by atoms with E-state index in [4.69, 9.17) is 11.6 Å². The van der Waals surface area contributed by atoms with E-state index >= 15 is 0 Å². The SMILES string of the molecule is C=C(CC)CN(C1CCCCNC1=O)S(=O)(=O)c1ccc(Cl)cc1. The molecule has 1 heterocycles. The van der Waals surface area contributed by atoms with E-state index in [0.717, 1.165) is 18.4 Å². The minimum atomic E-state index is -3.82. The molecule has 7 heteroatoms. The van der Waals surface area contributed by atoms with Gasteiger partial charge in [-0.25, -0.2) is 8.42 Å². The summed E-state index contributed by atoms with van der Waals surface area (Å²) < 4.78 is 27.5. The van der Waals surface area contributed by atoms with E-state index < -0.39 is 16.1 Å². The summed E-state index contributed by atoms with van der Waals surface area (Å²) in [6, 6.07) is 5.29. The zero-order valence-electron chi connectivity index (χ0n) is 13.8. The Bertz CT molecular complexity index is 701. The first-order valence-electron chi connectivity index (χ1n) is 8.08. The number of hydrogen-bond donors (Lipinski definition) is 1. The molecule has 5 nitrogen and oxygen atoms in total. The second kappa shape index (κ2) is 8.14. The quantitative estimate of drug-likeness (QED) is 0.783. The van der Waals surface area contributed by atoms with Gasteiger partial charge in [0.1, 0.15) is 6.04 Å². The zero-order chi connectivity index (χ0) is 17.7. The molecule has 1 aromatic rings. The number of benzene rings is 1. The van der Waals surface area contributed by atoms with E-state index in [0.29, 0.717) is 24.4 Å². The average Bonchev–Trinajstić information content (AvgIpc) is 2.77. The molecule has 1 fully saturated rings. The molecule has 1 aromatic carbocycles. The topological polar surface area (TPSA) is 66.5 Å². The molecule has 0 aliphatic carbocycles. The smallest absolute Gasteiger partial charge is 0.244 e. The van der Waals surface area contributed by atoms with Crippen molar-refractivity contribution in [2.75, 3.05) is 13.1 Å². The van der Waals surface area contributed by atoms with Crippen molar-refractivity contribution in [3.8, 4) is 0 Å². The Balaban J connectivity index is 2.42. The van der Waals surface area contributed by atoms with Crippen molar-refractivity contribution in [3.05, 3.63) is 41.4 Å². The van der Waals surface area contributed by atoms with Crippen LogP contribution in [0.3, 0.4) is 0 Å². The van der Waals surface area contributed by atoms with Crippen LogP contribution < -0.4 is 5.32 Å². The summed E-state index contributed by atoms with van der Waals surface area (Å²) in [6.45, 7) is 6.56. The molecule has 24 heavy (non-hydrogen) atoms. The lowest BCUT2D eigenvalue weighted by molar-refractivity contribution is -0.124. The van der Waals surface area contributed by atoms with Crippen molar-refractivity contribution in [3.63, 3.8) is 0 Å². The minimum absolute atomic E-state index is 0.132. The highest BCUT2D eigenvalue weighted by Gasteiger charge is 2.36. The summed E-state index contributed by atoms with van der Waals surface area (Å²) in [7, 11) is -3.82. The fraction of sp³-hybridized carbons (Fsp3) is 0.471. The van der Waals surface area contributed by atoms with E-state index in [1.54, 1.807) is 0 Å². The lowest BCUT2D eigenvalue weighted by Gasteiger charge is -2.29. The van der Waals surface area contributed by atoms with Gasteiger partial charge < -0.3 is 5.32 Å². The van der Waals surface area contributed by atoms with Crippen LogP contribution in [0.2, 0.25) is 5.02 Å². The average molecular weight is 371 g/mol. The van der Waals surface area contributed by atoms with E-state index in [-0.39, 0.29) is 17.3 Å². The van der Waals surface area contributed by atoms with Crippen LogP contribution >= 0.6 is 11.6 Å². The van der Waals surface area contributed by atoms with Gasteiger partial charge in [0.15, 0.2) is 0 Å². The van der Waals surface area contributed by atoms with Crippen molar-refractivity contribution < 1.29 is 13.2 Å². The molecular weight excluding hydrogens is 348 g/mol. The normalized spacial score (nSPS) is 19.0. The molecule has 132 valence electrons. The molecule has 1 amide bonds. The van der Waals surface area contributed by atoms with Gasteiger partial charge in [0.2, 0.25) is 15.9 Å². The van der Waals surface area contributed by atoms with Gasteiger partial charge in [0, 0.05) is 18.1 Å². The number of nitrogens with zero attached hydrogens (tertiary/aromatic N) is 1. The maximum Gasteiger partial charge on any atom is 0.244 e. The monoisotopic (exact) mass is 370 g/mol. The molecule has 0 saturated carbocycles. The molecule has 1 unspecified atom stereocenters. The summed E-state index contributed by atoms with van der Waals surface area (Å²) in [5.41, 5.74) is 0.768. The number of hydrogen-bond acceptors (Lipinski definition) is 3. The highest BCUT2D eigenvalue weighted by atomic mass is 35.5. The summed E-state index contributed by atoms with van der Waals surface area (Å²) in [5.74, 6) is -0.242. The van der Waals surface area contributed by atoms with Crippen LogP contribution in [0, 0.1) is 0 Å². The summed E-state index contributed by atoms with van der Waals surface area (Å²) >= 11 is 5.85. The Hall–Kier alpha value is -1.37. The largest absolute Gasteiger partial charge is 0.355 e. The van der Waals surface area contributed by atoms with Crippen LogP contribution in [-0.4, -0.2) is 37.8 Å². The third-order valence-electron chi connectivity index (χ3n) is 4.15. The van der Waals surface area contributed by atoms with Gasteiger partial charge in [-0.3, -0.25) is 4.79 Å². The lowest BCUT2D eigenvalue weighted by Crippen LogP contribution is -2.49. The molecule has 0 aromatic heterocycles. The van der Waals surface area contributed by atoms with Gasteiger partial charge in [-0.2, -0.15) is 4.31 Å². The zero-order valence-corrected chi connectivity index (χ0v) is 15.4. The number of amides is 1.